The Morgan fingerprint density at radius 1 is 0.875 bits per heavy atom. The van der Waals surface area contributed by atoms with E-state index >= 15 is 0 Å². The summed E-state index contributed by atoms with van der Waals surface area (Å²) in [5.41, 5.74) is 10.1. The van der Waals surface area contributed by atoms with Crippen molar-refractivity contribution in [2.45, 2.75) is 72.4 Å². The van der Waals surface area contributed by atoms with Crippen molar-refractivity contribution in [2.75, 3.05) is 5.32 Å². The van der Waals surface area contributed by atoms with Crippen LogP contribution < -0.4 is 10.1 Å². The molecule has 3 heteroatoms. The normalized spacial score (nSPS) is 16.3. The third kappa shape index (κ3) is 4.26. The lowest BCUT2D eigenvalue weighted by atomic mass is 9.78. The fourth-order valence-corrected chi connectivity index (χ4v) is 4.99. The molecule has 0 radical (unpaired) electrons. The van der Waals surface area contributed by atoms with E-state index in [1.807, 2.05) is 0 Å². The molecular weight excluding hydrogens is 414 g/mol. The second kappa shape index (κ2) is 9.19. The van der Waals surface area contributed by atoms with Crippen molar-refractivity contribution >= 4 is 18.1 Å². The smallest absolute Gasteiger partial charge is 0.127 e. The van der Waals surface area contributed by atoms with E-state index in [9.17, 15) is 0 Å². The van der Waals surface area contributed by atoms with Gasteiger partial charge in [0.2, 0.25) is 0 Å². The maximum absolute atomic E-state index is 6.62. The van der Waals surface area contributed by atoms with Crippen LogP contribution in [0.3, 0.4) is 0 Å². The molecule has 0 saturated heterocycles. The predicted molar refractivity (Wildman–Crippen MR) is 139 cm³/mol. The van der Waals surface area contributed by atoms with Gasteiger partial charge in [-0.3, -0.25) is 0 Å². The fourth-order valence-electron chi connectivity index (χ4n) is 4.99. The molecule has 0 aromatic heterocycles. The first-order valence-corrected chi connectivity index (χ1v) is 11.4. The zero-order chi connectivity index (χ0) is 22.3. The molecule has 0 spiro atoms. The van der Waals surface area contributed by atoms with E-state index in [0.717, 1.165) is 12.3 Å². The predicted octanol–water partition coefficient (Wildman–Crippen LogP) is 8.07. The summed E-state index contributed by atoms with van der Waals surface area (Å²) in [6.07, 6.45) is 0. The first-order valence-electron chi connectivity index (χ1n) is 11.4. The van der Waals surface area contributed by atoms with Crippen molar-refractivity contribution in [3.8, 4) is 5.75 Å². The molecule has 0 saturated carbocycles. The van der Waals surface area contributed by atoms with Crippen LogP contribution in [0.25, 0.3) is 0 Å². The van der Waals surface area contributed by atoms with Gasteiger partial charge in [0.1, 0.15) is 11.4 Å². The van der Waals surface area contributed by atoms with Gasteiger partial charge in [-0.15, -0.1) is 12.4 Å². The molecule has 2 nitrogen and oxygen atoms in total. The molecule has 3 aromatic rings. The SMILES string of the molecule is Cc1c(C)c2c(c(C)c1NCc1ccccc1)C(c1ccc(C(C)C)cc1)C(C)(C)O2.Cl. The highest BCUT2D eigenvalue weighted by atomic mass is 35.5. The minimum Gasteiger partial charge on any atom is -0.486 e. The lowest BCUT2D eigenvalue weighted by Crippen LogP contribution is -2.31. The van der Waals surface area contributed by atoms with Crippen molar-refractivity contribution in [1.82, 2.24) is 0 Å². The van der Waals surface area contributed by atoms with Crippen LogP contribution in [0.4, 0.5) is 5.69 Å². The summed E-state index contributed by atoms with van der Waals surface area (Å²) in [5, 5.41) is 3.74. The maximum Gasteiger partial charge on any atom is 0.127 e. The maximum atomic E-state index is 6.62. The number of nitrogens with one attached hydrogen (secondary N) is 1. The fraction of sp³-hybridized carbons (Fsp3) is 0.379. The number of benzene rings is 3. The Hall–Kier alpha value is -2.45. The summed E-state index contributed by atoms with van der Waals surface area (Å²) in [5.74, 6) is 1.82. The van der Waals surface area contributed by atoms with Gasteiger partial charge in [-0.1, -0.05) is 68.4 Å². The van der Waals surface area contributed by atoms with Gasteiger partial charge in [0.15, 0.2) is 0 Å². The van der Waals surface area contributed by atoms with Crippen molar-refractivity contribution in [3.63, 3.8) is 0 Å². The molecule has 4 rings (SSSR count). The molecule has 1 unspecified atom stereocenters. The number of fused-ring (bicyclic) bond motifs is 1. The van der Waals surface area contributed by atoms with E-state index in [2.05, 4.69) is 108 Å². The van der Waals surface area contributed by atoms with Crippen LogP contribution >= 0.6 is 12.4 Å². The van der Waals surface area contributed by atoms with Crippen molar-refractivity contribution in [3.05, 3.63) is 93.5 Å². The Morgan fingerprint density at radius 2 is 1.50 bits per heavy atom. The highest BCUT2D eigenvalue weighted by molar-refractivity contribution is 5.85. The van der Waals surface area contributed by atoms with Crippen LogP contribution in [0.5, 0.6) is 5.75 Å². The van der Waals surface area contributed by atoms with Crippen LogP contribution in [0, 0.1) is 20.8 Å². The molecule has 0 bridgehead atoms. The summed E-state index contributed by atoms with van der Waals surface area (Å²) < 4.78 is 6.62. The van der Waals surface area contributed by atoms with Gasteiger partial charge in [0.05, 0.1) is 5.92 Å². The Bertz CT molecular complexity index is 1080. The van der Waals surface area contributed by atoms with Gasteiger partial charge >= 0.3 is 0 Å². The zero-order valence-corrected chi connectivity index (χ0v) is 21.2. The van der Waals surface area contributed by atoms with Crippen LogP contribution in [0.1, 0.15) is 78.5 Å². The molecule has 0 amide bonds. The average molecular weight is 450 g/mol. The largest absolute Gasteiger partial charge is 0.486 e. The molecular formula is C29H36ClNO. The van der Waals surface area contributed by atoms with Crippen molar-refractivity contribution < 1.29 is 4.74 Å². The summed E-state index contributed by atoms with van der Waals surface area (Å²) in [4.78, 5) is 0. The summed E-state index contributed by atoms with van der Waals surface area (Å²) in [7, 11) is 0. The number of rotatable bonds is 5. The topological polar surface area (TPSA) is 21.3 Å². The van der Waals surface area contributed by atoms with Gasteiger partial charge in [-0.05, 0) is 73.9 Å². The molecule has 1 atom stereocenters. The Balaban J connectivity index is 0.00000289. The first-order chi connectivity index (χ1) is 14.7. The van der Waals surface area contributed by atoms with E-state index in [1.165, 1.54) is 44.6 Å². The Kier molecular flexibility index (Phi) is 6.95. The van der Waals surface area contributed by atoms with Gasteiger partial charge in [0, 0.05) is 17.8 Å². The second-order valence-corrected chi connectivity index (χ2v) is 9.79. The van der Waals surface area contributed by atoms with Gasteiger partial charge in [0.25, 0.3) is 0 Å². The minimum absolute atomic E-state index is 0. The minimum atomic E-state index is -0.290. The van der Waals surface area contributed by atoms with Crippen molar-refractivity contribution in [2.24, 2.45) is 0 Å². The third-order valence-corrected chi connectivity index (χ3v) is 6.90. The lowest BCUT2D eigenvalue weighted by molar-refractivity contribution is 0.121. The van der Waals surface area contributed by atoms with Gasteiger partial charge in [-0.2, -0.15) is 0 Å². The summed E-state index contributed by atoms with van der Waals surface area (Å²) >= 11 is 0. The molecule has 0 fully saturated rings. The third-order valence-electron chi connectivity index (χ3n) is 6.90. The highest BCUT2D eigenvalue weighted by Gasteiger charge is 2.44. The Labute approximate surface area is 199 Å². The van der Waals surface area contributed by atoms with E-state index in [-0.39, 0.29) is 23.9 Å². The number of ether oxygens (including phenoxy) is 1. The molecule has 1 aliphatic heterocycles. The van der Waals surface area contributed by atoms with Crippen LogP contribution in [0.15, 0.2) is 54.6 Å². The van der Waals surface area contributed by atoms with E-state index < -0.39 is 0 Å². The quantitative estimate of drug-likeness (QED) is 0.425. The van der Waals surface area contributed by atoms with E-state index in [0.29, 0.717) is 5.92 Å². The standard InChI is InChI=1S/C29H35NO.ClH/c1-18(2)23-13-15-24(16-14-23)26-25-21(5)27(30-17-22-11-9-8-10-12-22)19(3)20(4)28(25)31-29(26,6)7;/h8-16,18,26,30H,17H2,1-7H3;1H. The zero-order valence-electron chi connectivity index (χ0n) is 20.4. The molecule has 32 heavy (non-hydrogen) atoms. The molecule has 1 aliphatic rings. The number of hydrogen-bond donors (Lipinski definition) is 1. The van der Waals surface area contributed by atoms with E-state index in [4.69, 9.17) is 4.74 Å². The monoisotopic (exact) mass is 449 g/mol. The lowest BCUT2D eigenvalue weighted by Gasteiger charge is -2.27. The van der Waals surface area contributed by atoms with Crippen LogP contribution in [0.2, 0.25) is 0 Å². The molecule has 0 aliphatic carbocycles. The molecule has 170 valence electrons. The van der Waals surface area contributed by atoms with Gasteiger partial charge < -0.3 is 10.1 Å². The second-order valence-electron chi connectivity index (χ2n) is 9.79. The van der Waals surface area contributed by atoms with Crippen LogP contribution in [-0.4, -0.2) is 5.60 Å². The first kappa shape index (κ1) is 24.2. The summed E-state index contributed by atoms with van der Waals surface area (Å²) in [6, 6.07) is 19.7. The number of anilines is 1. The highest BCUT2D eigenvalue weighted by Crippen LogP contribution is 2.53. The Morgan fingerprint density at radius 3 is 2.09 bits per heavy atom. The number of halogens is 1. The number of hydrogen-bond acceptors (Lipinski definition) is 2. The van der Waals surface area contributed by atoms with Gasteiger partial charge in [-0.25, -0.2) is 0 Å². The molecule has 3 aromatic carbocycles. The summed E-state index contributed by atoms with van der Waals surface area (Å²) in [6.45, 7) is 16.4. The van der Waals surface area contributed by atoms with Crippen molar-refractivity contribution in [1.29, 1.82) is 0 Å². The van der Waals surface area contributed by atoms with E-state index in [1.54, 1.807) is 0 Å². The van der Waals surface area contributed by atoms with Crippen LogP contribution in [-0.2, 0) is 6.54 Å². The average Bonchev–Trinajstić information content (AvgIpc) is 3.04. The molecule has 1 N–H and O–H groups in total. The molecule has 1 heterocycles.